The second-order valence-corrected chi connectivity index (χ2v) is 7.14. The van der Waals surface area contributed by atoms with E-state index in [-0.39, 0.29) is 12.5 Å². The molecule has 0 aliphatic heterocycles. The molecule has 5 nitrogen and oxygen atoms in total. The predicted molar refractivity (Wildman–Crippen MR) is 99.2 cm³/mol. The van der Waals surface area contributed by atoms with E-state index in [9.17, 15) is 9.59 Å². The molecule has 0 saturated heterocycles. The molecule has 0 atom stereocenters. The summed E-state index contributed by atoms with van der Waals surface area (Å²) in [6.07, 6.45) is 1.55. The molecule has 24 heavy (non-hydrogen) atoms. The smallest absolute Gasteiger partial charge is 0.263 e. The van der Waals surface area contributed by atoms with Crippen molar-refractivity contribution < 1.29 is 9.59 Å². The Morgan fingerprint density at radius 3 is 2.79 bits per heavy atom. The van der Waals surface area contributed by atoms with Crippen molar-refractivity contribution in [3.05, 3.63) is 56.6 Å². The molecule has 2 N–H and O–H groups in total. The van der Waals surface area contributed by atoms with E-state index in [2.05, 4.69) is 15.8 Å². The minimum atomic E-state index is -0.409. The van der Waals surface area contributed by atoms with E-state index in [0.29, 0.717) is 9.90 Å². The van der Waals surface area contributed by atoms with Gasteiger partial charge in [-0.3, -0.25) is 9.59 Å². The summed E-state index contributed by atoms with van der Waals surface area (Å²) in [6.45, 7) is -0.175. The highest BCUT2D eigenvalue weighted by atomic mass is 35.5. The molecule has 2 aromatic heterocycles. The lowest BCUT2D eigenvalue weighted by Crippen LogP contribution is -2.34. The van der Waals surface area contributed by atoms with Gasteiger partial charge in [-0.05, 0) is 17.5 Å². The minimum absolute atomic E-state index is 0.175. The van der Waals surface area contributed by atoms with Gasteiger partial charge in [-0.25, -0.2) is 5.43 Å². The van der Waals surface area contributed by atoms with E-state index in [1.165, 1.54) is 22.7 Å². The molecular weight excluding hydrogens is 366 g/mol. The Morgan fingerprint density at radius 2 is 2.04 bits per heavy atom. The number of benzene rings is 1. The van der Waals surface area contributed by atoms with Gasteiger partial charge in [0, 0.05) is 15.0 Å². The van der Waals surface area contributed by atoms with Crippen molar-refractivity contribution in [3.8, 4) is 0 Å². The van der Waals surface area contributed by atoms with E-state index in [1.54, 1.807) is 6.21 Å². The summed E-state index contributed by atoms with van der Waals surface area (Å²) < 4.78 is 0.928. The first kappa shape index (κ1) is 16.6. The third-order valence-electron chi connectivity index (χ3n) is 3.07. The molecule has 0 unspecified atom stereocenters. The quantitative estimate of drug-likeness (QED) is 0.527. The third kappa shape index (κ3) is 3.81. The van der Waals surface area contributed by atoms with Crippen molar-refractivity contribution in [2.75, 3.05) is 6.54 Å². The summed E-state index contributed by atoms with van der Waals surface area (Å²) in [5.74, 6) is -0.785. The molecule has 3 rings (SSSR count). The number of nitrogens with one attached hydrogen (secondary N) is 2. The first-order valence-corrected chi connectivity index (χ1v) is 9.03. The van der Waals surface area contributed by atoms with Crippen molar-refractivity contribution in [2.45, 2.75) is 0 Å². The molecule has 2 amide bonds. The molecule has 0 spiro atoms. The summed E-state index contributed by atoms with van der Waals surface area (Å²) >= 11 is 9.04. The van der Waals surface area contributed by atoms with Crippen molar-refractivity contribution >= 4 is 62.4 Å². The zero-order chi connectivity index (χ0) is 16.9. The first-order valence-electron chi connectivity index (χ1n) is 6.96. The van der Waals surface area contributed by atoms with Crippen molar-refractivity contribution in [1.29, 1.82) is 0 Å². The standard InChI is InChI=1S/C16H12ClN3O2S2/c17-14-11-5-1-2-6-12(11)24-15(14)16(22)18-9-13(21)20-19-8-10-4-3-7-23-10/h1-8H,9H2,(H,18,22)(H,20,21)/b19-8-. The Balaban J connectivity index is 1.56. The fraction of sp³-hybridized carbons (Fsp3) is 0.0625. The van der Waals surface area contributed by atoms with Gasteiger partial charge in [-0.15, -0.1) is 22.7 Å². The number of amides is 2. The minimum Gasteiger partial charge on any atom is -0.342 e. The predicted octanol–water partition coefficient (Wildman–Crippen LogP) is 3.50. The second kappa shape index (κ2) is 7.57. The topological polar surface area (TPSA) is 70.6 Å². The van der Waals surface area contributed by atoms with Gasteiger partial charge in [0.1, 0.15) is 4.88 Å². The molecule has 2 heterocycles. The normalized spacial score (nSPS) is 11.0. The van der Waals surface area contributed by atoms with E-state index in [1.807, 2.05) is 41.8 Å². The van der Waals surface area contributed by atoms with E-state index in [4.69, 9.17) is 11.6 Å². The van der Waals surface area contributed by atoms with Crippen LogP contribution in [0.25, 0.3) is 10.1 Å². The molecule has 1 aromatic carbocycles. The maximum atomic E-state index is 12.2. The molecule has 0 aliphatic rings. The molecule has 3 aromatic rings. The van der Waals surface area contributed by atoms with Crippen LogP contribution in [0.15, 0.2) is 46.9 Å². The zero-order valence-corrected chi connectivity index (χ0v) is 14.7. The molecule has 8 heteroatoms. The van der Waals surface area contributed by atoms with Gasteiger partial charge in [-0.2, -0.15) is 5.10 Å². The number of thiophene rings is 2. The van der Waals surface area contributed by atoms with Gasteiger partial charge >= 0.3 is 0 Å². The van der Waals surface area contributed by atoms with Crippen LogP contribution < -0.4 is 10.7 Å². The summed E-state index contributed by atoms with van der Waals surface area (Å²) in [5.41, 5.74) is 2.36. The van der Waals surface area contributed by atoms with E-state index in [0.717, 1.165) is 15.0 Å². The summed E-state index contributed by atoms with van der Waals surface area (Å²) in [6, 6.07) is 11.3. The fourth-order valence-electron chi connectivity index (χ4n) is 1.97. The van der Waals surface area contributed by atoms with Gasteiger partial charge in [0.15, 0.2) is 0 Å². The molecular formula is C16H12ClN3O2S2. The number of carbonyl (C=O) groups is 2. The lowest BCUT2D eigenvalue weighted by atomic mass is 10.2. The summed E-state index contributed by atoms with van der Waals surface area (Å²) in [5, 5.41) is 9.53. The molecule has 0 saturated carbocycles. The fourth-order valence-corrected chi connectivity index (χ4v) is 3.99. The molecule has 0 fully saturated rings. The average molecular weight is 378 g/mol. The molecule has 0 bridgehead atoms. The molecule has 122 valence electrons. The Hall–Kier alpha value is -2.22. The van der Waals surface area contributed by atoms with Gasteiger partial charge in [0.05, 0.1) is 17.8 Å². The van der Waals surface area contributed by atoms with Crippen LogP contribution in [0.3, 0.4) is 0 Å². The largest absolute Gasteiger partial charge is 0.342 e. The highest BCUT2D eigenvalue weighted by molar-refractivity contribution is 7.21. The van der Waals surface area contributed by atoms with Gasteiger partial charge in [0.25, 0.3) is 11.8 Å². The Kier molecular flexibility index (Phi) is 5.24. The highest BCUT2D eigenvalue weighted by Crippen LogP contribution is 2.34. The summed E-state index contributed by atoms with van der Waals surface area (Å²) in [7, 11) is 0. The lowest BCUT2D eigenvalue weighted by molar-refractivity contribution is -0.120. The van der Waals surface area contributed by atoms with Crippen LogP contribution >= 0.6 is 34.3 Å². The maximum absolute atomic E-state index is 12.2. The number of nitrogens with zero attached hydrogens (tertiary/aromatic N) is 1. The third-order valence-corrected chi connectivity index (χ3v) is 5.56. The van der Waals surface area contributed by atoms with Crippen LogP contribution in [0.2, 0.25) is 5.02 Å². The van der Waals surface area contributed by atoms with Crippen LogP contribution in [0, 0.1) is 0 Å². The van der Waals surface area contributed by atoms with Crippen molar-refractivity contribution in [2.24, 2.45) is 5.10 Å². The van der Waals surface area contributed by atoms with Crippen LogP contribution in [-0.4, -0.2) is 24.6 Å². The van der Waals surface area contributed by atoms with Gasteiger partial charge < -0.3 is 5.32 Å². The van der Waals surface area contributed by atoms with E-state index < -0.39 is 5.91 Å². The zero-order valence-electron chi connectivity index (χ0n) is 12.3. The van der Waals surface area contributed by atoms with Crippen LogP contribution in [0.5, 0.6) is 0 Å². The lowest BCUT2D eigenvalue weighted by Gasteiger charge is -2.02. The number of hydrogen-bond acceptors (Lipinski definition) is 5. The Bertz CT molecular complexity index is 903. The number of hydrazone groups is 1. The Morgan fingerprint density at radius 1 is 1.21 bits per heavy atom. The number of rotatable bonds is 5. The van der Waals surface area contributed by atoms with Crippen LogP contribution in [0.1, 0.15) is 14.5 Å². The van der Waals surface area contributed by atoms with Crippen LogP contribution in [-0.2, 0) is 4.79 Å². The molecule has 0 aliphatic carbocycles. The summed E-state index contributed by atoms with van der Waals surface area (Å²) in [4.78, 5) is 25.2. The number of fused-ring (bicyclic) bond motifs is 1. The highest BCUT2D eigenvalue weighted by Gasteiger charge is 2.17. The Labute approximate surface area is 151 Å². The van der Waals surface area contributed by atoms with Gasteiger partial charge in [-0.1, -0.05) is 35.9 Å². The first-order chi connectivity index (χ1) is 11.6. The van der Waals surface area contributed by atoms with Gasteiger partial charge in [0.2, 0.25) is 0 Å². The monoisotopic (exact) mass is 377 g/mol. The molecule has 0 radical (unpaired) electrons. The SMILES string of the molecule is O=C(CNC(=O)c1sc2ccccc2c1Cl)N/N=C\c1cccs1. The van der Waals surface area contributed by atoms with Crippen molar-refractivity contribution in [3.63, 3.8) is 0 Å². The average Bonchev–Trinajstić information content (AvgIpc) is 3.21. The van der Waals surface area contributed by atoms with Crippen molar-refractivity contribution in [1.82, 2.24) is 10.7 Å². The second-order valence-electron chi connectivity index (χ2n) is 4.73. The maximum Gasteiger partial charge on any atom is 0.263 e. The van der Waals surface area contributed by atoms with Crippen LogP contribution in [0.4, 0.5) is 0 Å². The number of carbonyl (C=O) groups excluding carboxylic acids is 2. The van der Waals surface area contributed by atoms with E-state index >= 15 is 0 Å². The number of halogens is 1. The number of hydrogen-bond donors (Lipinski definition) is 2.